The topological polar surface area (TPSA) is 58.5 Å². The van der Waals surface area contributed by atoms with E-state index in [0.29, 0.717) is 19.7 Å². The SMILES string of the molecule is CN=C(NCCOc1cccnc1)NCc1cccc(Cl)c1.I. The Labute approximate surface area is 158 Å². The molecule has 0 aliphatic carbocycles. The van der Waals surface area contributed by atoms with Crippen LogP contribution in [-0.4, -0.2) is 31.1 Å². The molecule has 0 bridgehead atoms. The number of nitrogens with one attached hydrogen (secondary N) is 2. The summed E-state index contributed by atoms with van der Waals surface area (Å²) in [5.41, 5.74) is 1.10. The first kappa shape index (κ1) is 19.5. The Hall–Kier alpha value is -1.54. The minimum atomic E-state index is 0. The third-order valence-corrected chi connectivity index (χ3v) is 3.11. The molecule has 2 aromatic rings. The second-order valence-electron chi connectivity index (χ2n) is 4.52. The van der Waals surface area contributed by atoms with E-state index in [2.05, 4.69) is 20.6 Å². The fraction of sp³-hybridized carbons (Fsp3) is 0.250. The lowest BCUT2D eigenvalue weighted by molar-refractivity contribution is 0.320. The minimum absolute atomic E-state index is 0. The number of hydrogen-bond donors (Lipinski definition) is 2. The molecule has 2 rings (SSSR count). The summed E-state index contributed by atoms with van der Waals surface area (Å²) in [7, 11) is 1.73. The quantitative estimate of drug-likeness (QED) is 0.310. The van der Waals surface area contributed by atoms with Gasteiger partial charge < -0.3 is 15.4 Å². The normalized spacial score (nSPS) is 10.6. The van der Waals surface area contributed by atoms with Crippen molar-refractivity contribution in [1.82, 2.24) is 15.6 Å². The van der Waals surface area contributed by atoms with Crippen molar-refractivity contribution in [3.63, 3.8) is 0 Å². The Morgan fingerprint density at radius 3 is 2.83 bits per heavy atom. The molecule has 0 saturated carbocycles. The summed E-state index contributed by atoms with van der Waals surface area (Å²) in [6, 6.07) is 11.4. The molecular formula is C16H20ClIN4O. The first-order chi connectivity index (χ1) is 10.8. The molecule has 0 aliphatic heterocycles. The van der Waals surface area contributed by atoms with Gasteiger partial charge in [-0.2, -0.15) is 0 Å². The fourth-order valence-corrected chi connectivity index (χ4v) is 2.04. The van der Waals surface area contributed by atoms with E-state index in [1.807, 2.05) is 36.4 Å². The van der Waals surface area contributed by atoms with Gasteiger partial charge in [-0.25, -0.2) is 0 Å². The maximum Gasteiger partial charge on any atom is 0.191 e. The summed E-state index contributed by atoms with van der Waals surface area (Å²) >= 11 is 5.96. The van der Waals surface area contributed by atoms with Crippen molar-refractivity contribution in [1.29, 1.82) is 0 Å². The Morgan fingerprint density at radius 1 is 1.26 bits per heavy atom. The molecule has 0 saturated heterocycles. The van der Waals surface area contributed by atoms with Crippen LogP contribution in [0.4, 0.5) is 0 Å². The van der Waals surface area contributed by atoms with Crippen LogP contribution in [0.3, 0.4) is 0 Å². The first-order valence-corrected chi connectivity index (χ1v) is 7.37. The van der Waals surface area contributed by atoms with Crippen molar-refractivity contribution in [3.8, 4) is 5.75 Å². The molecule has 2 N–H and O–H groups in total. The molecule has 1 aromatic heterocycles. The van der Waals surface area contributed by atoms with Crippen LogP contribution in [0, 0.1) is 0 Å². The molecule has 23 heavy (non-hydrogen) atoms. The second kappa shape index (κ2) is 11.1. The summed E-state index contributed by atoms with van der Waals surface area (Å²) < 4.78 is 5.55. The van der Waals surface area contributed by atoms with Crippen molar-refractivity contribution in [2.45, 2.75) is 6.54 Å². The summed E-state index contributed by atoms with van der Waals surface area (Å²) in [4.78, 5) is 8.16. The van der Waals surface area contributed by atoms with E-state index in [9.17, 15) is 0 Å². The monoisotopic (exact) mass is 446 g/mol. The van der Waals surface area contributed by atoms with Gasteiger partial charge in [-0.3, -0.25) is 9.98 Å². The van der Waals surface area contributed by atoms with Crippen LogP contribution < -0.4 is 15.4 Å². The van der Waals surface area contributed by atoms with Crippen molar-refractivity contribution >= 4 is 41.5 Å². The van der Waals surface area contributed by atoms with E-state index < -0.39 is 0 Å². The maximum atomic E-state index is 5.96. The molecular weight excluding hydrogens is 427 g/mol. The Balaban J connectivity index is 0.00000264. The number of ether oxygens (including phenoxy) is 1. The van der Waals surface area contributed by atoms with E-state index in [1.54, 1.807) is 19.4 Å². The van der Waals surface area contributed by atoms with Gasteiger partial charge in [0, 0.05) is 24.8 Å². The van der Waals surface area contributed by atoms with Crippen molar-refractivity contribution in [2.75, 3.05) is 20.2 Å². The van der Waals surface area contributed by atoms with Crippen LogP contribution in [-0.2, 0) is 6.54 Å². The zero-order valence-corrected chi connectivity index (χ0v) is 15.9. The number of nitrogens with zero attached hydrogens (tertiary/aromatic N) is 2. The fourth-order valence-electron chi connectivity index (χ4n) is 1.82. The Morgan fingerprint density at radius 2 is 2.13 bits per heavy atom. The number of guanidine groups is 1. The standard InChI is InChI=1S/C16H19ClN4O.HI/c1-18-16(21-11-13-4-2-5-14(17)10-13)20-8-9-22-15-6-3-7-19-12-15;/h2-7,10,12H,8-9,11H2,1H3,(H2,18,20,21);1H. The highest BCUT2D eigenvalue weighted by Gasteiger charge is 1.99. The number of halogens is 2. The lowest BCUT2D eigenvalue weighted by Crippen LogP contribution is -2.38. The van der Waals surface area contributed by atoms with Gasteiger partial charge in [0.15, 0.2) is 5.96 Å². The Bertz CT molecular complexity index is 610. The molecule has 1 aromatic carbocycles. The molecule has 0 amide bonds. The molecule has 0 unspecified atom stereocenters. The van der Waals surface area contributed by atoms with Crippen LogP contribution in [0.25, 0.3) is 0 Å². The van der Waals surface area contributed by atoms with Gasteiger partial charge >= 0.3 is 0 Å². The van der Waals surface area contributed by atoms with Gasteiger partial charge in [0.25, 0.3) is 0 Å². The van der Waals surface area contributed by atoms with Gasteiger partial charge in [0.1, 0.15) is 12.4 Å². The lowest BCUT2D eigenvalue weighted by atomic mass is 10.2. The number of pyridine rings is 1. The highest BCUT2D eigenvalue weighted by atomic mass is 127. The number of rotatable bonds is 6. The maximum absolute atomic E-state index is 5.96. The van der Waals surface area contributed by atoms with Gasteiger partial charge in [0.05, 0.1) is 12.7 Å². The smallest absolute Gasteiger partial charge is 0.191 e. The number of aliphatic imine (C=N–C) groups is 1. The van der Waals surface area contributed by atoms with Crippen LogP contribution in [0.15, 0.2) is 53.8 Å². The average Bonchev–Trinajstić information content (AvgIpc) is 2.55. The van der Waals surface area contributed by atoms with Crippen LogP contribution >= 0.6 is 35.6 Å². The highest BCUT2D eigenvalue weighted by Crippen LogP contribution is 2.10. The number of hydrogen-bond acceptors (Lipinski definition) is 3. The van der Waals surface area contributed by atoms with E-state index in [4.69, 9.17) is 16.3 Å². The zero-order chi connectivity index (χ0) is 15.6. The molecule has 0 aliphatic rings. The summed E-state index contributed by atoms with van der Waals surface area (Å²) in [5, 5.41) is 7.14. The molecule has 0 fully saturated rings. The predicted molar refractivity (Wildman–Crippen MR) is 105 cm³/mol. The third kappa shape index (κ3) is 7.51. The molecule has 0 spiro atoms. The van der Waals surface area contributed by atoms with Gasteiger partial charge in [-0.15, -0.1) is 24.0 Å². The van der Waals surface area contributed by atoms with Crippen molar-refractivity contribution in [3.05, 3.63) is 59.4 Å². The van der Waals surface area contributed by atoms with E-state index in [0.717, 1.165) is 22.3 Å². The molecule has 1 heterocycles. The van der Waals surface area contributed by atoms with Crippen molar-refractivity contribution in [2.24, 2.45) is 4.99 Å². The lowest BCUT2D eigenvalue weighted by Gasteiger charge is -2.12. The van der Waals surface area contributed by atoms with Crippen molar-refractivity contribution < 1.29 is 4.74 Å². The molecule has 7 heteroatoms. The molecule has 124 valence electrons. The summed E-state index contributed by atoms with van der Waals surface area (Å²) in [6.45, 7) is 1.83. The molecule has 5 nitrogen and oxygen atoms in total. The van der Waals surface area contributed by atoms with Crippen LogP contribution in [0.1, 0.15) is 5.56 Å². The summed E-state index contributed by atoms with van der Waals surface area (Å²) in [6.07, 6.45) is 3.40. The number of aromatic nitrogens is 1. The highest BCUT2D eigenvalue weighted by molar-refractivity contribution is 14.0. The largest absolute Gasteiger partial charge is 0.490 e. The van der Waals surface area contributed by atoms with Crippen LogP contribution in [0.5, 0.6) is 5.75 Å². The average molecular weight is 447 g/mol. The van der Waals surface area contributed by atoms with Gasteiger partial charge in [-0.05, 0) is 29.8 Å². The third-order valence-electron chi connectivity index (χ3n) is 2.87. The first-order valence-electron chi connectivity index (χ1n) is 7.00. The predicted octanol–water partition coefficient (Wildman–Crippen LogP) is 3.10. The minimum Gasteiger partial charge on any atom is -0.490 e. The van der Waals surface area contributed by atoms with E-state index >= 15 is 0 Å². The Kier molecular flexibility index (Phi) is 9.39. The number of benzene rings is 1. The molecule has 0 radical (unpaired) electrons. The zero-order valence-electron chi connectivity index (χ0n) is 12.8. The van der Waals surface area contributed by atoms with Gasteiger partial charge in [-0.1, -0.05) is 23.7 Å². The van der Waals surface area contributed by atoms with E-state index in [-0.39, 0.29) is 24.0 Å². The second-order valence-corrected chi connectivity index (χ2v) is 4.96. The van der Waals surface area contributed by atoms with Gasteiger partial charge in [0.2, 0.25) is 0 Å². The van der Waals surface area contributed by atoms with Crippen LogP contribution in [0.2, 0.25) is 5.02 Å². The summed E-state index contributed by atoms with van der Waals surface area (Å²) in [5.74, 6) is 1.47. The van der Waals surface area contributed by atoms with E-state index in [1.165, 1.54) is 0 Å². The molecule has 0 atom stereocenters.